The van der Waals surface area contributed by atoms with Gasteiger partial charge < -0.3 is 0 Å². The van der Waals surface area contributed by atoms with Crippen molar-refractivity contribution in [1.82, 2.24) is 4.98 Å². The Hall–Kier alpha value is -1.47. The number of aromatic nitrogens is 1. The van der Waals surface area contributed by atoms with Gasteiger partial charge in [0.05, 0.1) is 10.2 Å². The topological polar surface area (TPSA) is 42.0 Å². The van der Waals surface area contributed by atoms with Crippen LogP contribution in [0.15, 0.2) is 34.7 Å². The van der Waals surface area contributed by atoms with Crippen LogP contribution >= 0.6 is 23.1 Å². The minimum absolute atomic E-state index is 0.244. The fraction of sp³-hybridized carbons (Fsp3) is 0.231. The summed E-state index contributed by atoms with van der Waals surface area (Å²) in [5.41, 5.74) is 1.57. The van der Waals surface area contributed by atoms with Crippen molar-refractivity contribution in [3.8, 4) is 0 Å². The summed E-state index contributed by atoms with van der Waals surface area (Å²) in [5.74, 6) is -2.69. The van der Waals surface area contributed by atoms with Crippen molar-refractivity contribution in [2.24, 2.45) is 0 Å². The standard InChI is InChI=1S/C13H12F2N2OS2/c1-7(2)5-11(18)17-13-16-9-4-3-8(19-12(14)15)6-10(9)20-13/h3-6,12H,1-2H3,(H,16,17,18). The summed E-state index contributed by atoms with van der Waals surface area (Å²) >= 11 is 1.76. The molecule has 0 saturated heterocycles. The number of anilines is 1. The van der Waals surface area contributed by atoms with Crippen molar-refractivity contribution >= 4 is 44.4 Å². The third-order valence-electron chi connectivity index (χ3n) is 2.23. The second-order valence-corrected chi connectivity index (χ2v) is 6.33. The Balaban J connectivity index is 2.21. The summed E-state index contributed by atoms with van der Waals surface area (Å²) in [6, 6.07) is 4.92. The number of halogens is 2. The summed E-state index contributed by atoms with van der Waals surface area (Å²) in [5, 5.41) is 3.12. The largest absolute Gasteiger partial charge is 0.298 e. The highest BCUT2D eigenvalue weighted by Gasteiger charge is 2.09. The summed E-state index contributed by atoms with van der Waals surface area (Å²) in [7, 11) is 0. The monoisotopic (exact) mass is 314 g/mol. The van der Waals surface area contributed by atoms with E-state index >= 15 is 0 Å². The molecule has 2 rings (SSSR count). The van der Waals surface area contributed by atoms with E-state index in [1.54, 1.807) is 18.2 Å². The molecule has 0 aliphatic heterocycles. The Labute approximate surface area is 123 Å². The molecule has 7 heteroatoms. The number of allylic oxidation sites excluding steroid dienone is 1. The second kappa shape index (κ2) is 6.32. The van der Waals surface area contributed by atoms with Gasteiger partial charge in [-0.25, -0.2) is 4.98 Å². The minimum Gasteiger partial charge on any atom is -0.298 e. The second-order valence-electron chi connectivity index (χ2n) is 4.24. The predicted molar refractivity (Wildman–Crippen MR) is 79.5 cm³/mol. The highest BCUT2D eigenvalue weighted by molar-refractivity contribution is 7.99. The number of carbonyl (C=O) groups excluding carboxylic acids is 1. The van der Waals surface area contributed by atoms with Crippen LogP contribution in [0, 0.1) is 0 Å². The minimum atomic E-state index is -2.45. The van der Waals surface area contributed by atoms with Gasteiger partial charge in [-0.3, -0.25) is 10.1 Å². The van der Waals surface area contributed by atoms with Gasteiger partial charge >= 0.3 is 0 Å². The summed E-state index contributed by atoms with van der Waals surface area (Å²) < 4.78 is 25.4. The number of nitrogens with one attached hydrogen (secondary N) is 1. The predicted octanol–water partition coefficient (Wildman–Crippen LogP) is 4.52. The first-order chi connectivity index (χ1) is 9.44. The third kappa shape index (κ3) is 4.01. The number of nitrogens with zero attached hydrogens (tertiary/aromatic N) is 1. The molecular weight excluding hydrogens is 302 g/mol. The van der Waals surface area contributed by atoms with Gasteiger partial charge in [-0.15, -0.1) is 0 Å². The quantitative estimate of drug-likeness (QED) is 0.666. The summed E-state index contributed by atoms with van der Waals surface area (Å²) in [6.45, 7) is 3.65. The number of benzene rings is 1. The Kier molecular flexibility index (Phi) is 4.72. The molecule has 20 heavy (non-hydrogen) atoms. The molecule has 0 atom stereocenters. The number of amides is 1. The Morgan fingerprint density at radius 3 is 2.85 bits per heavy atom. The van der Waals surface area contributed by atoms with Crippen LogP contribution in [0.4, 0.5) is 13.9 Å². The molecule has 0 unspecified atom stereocenters. The van der Waals surface area contributed by atoms with Crippen LogP contribution in [-0.2, 0) is 4.79 Å². The first kappa shape index (κ1) is 14.9. The number of hydrogen-bond donors (Lipinski definition) is 1. The molecule has 1 aromatic heterocycles. The zero-order valence-corrected chi connectivity index (χ0v) is 12.4. The van der Waals surface area contributed by atoms with Crippen LogP contribution in [0.25, 0.3) is 10.2 Å². The van der Waals surface area contributed by atoms with Crippen molar-refractivity contribution in [2.45, 2.75) is 24.5 Å². The number of alkyl halides is 2. The van der Waals surface area contributed by atoms with Crippen molar-refractivity contribution < 1.29 is 13.6 Å². The van der Waals surface area contributed by atoms with Crippen LogP contribution in [-0.4, -0.2) is 16.6 Å². The molecule has 1 amide bonds. The Morgan fingerprint density at radius 2 is 2.20 bits per heavy atom. The Bertz CT molecular complexity index is 663. The number of hydrogen-bond acceptors (Lipinski definition) is 4. The van der Waals surface area contributed by atoms with Gasteiger partial charge in [0.2, 0.25) is 5.91 Å². The lowest BCUT2D eigenvalue weighted by Crippen LogP contribution is -2.07. The van der Waals surface area contributed by atoms with Gasteiger partial charge in [0.15, 0.2) is 5.13 Å². The lowest BCUT2D eigenvalue weighted by Gasteiger charge is -1.98. The van der Waals surface area contributed by atoms with Gasteiger partial charge in [-0.05, 0) is 32.0 Å². The fourth-order valence-electron chi connectivity index (χ4n) is 1.54. The van der Waals surface area contributed by atoms with Crippen LogP contribution in [0.5, 0.6) is 0 Å². The SMILES string of the molecule is CC(C)=CC(=O)Nc1nc2ccc(SC(F)F)cc2s1. The lowest BCUT2D eigenvalue weighted by atomic mass is 10.3. The lowest BCUT2D eigenvalue weighted by molar-refractivity contribution is -0.111. The summed E-state index contributed by atoms with van der Waals surface area (Å²) in [4.78, 5) is 16.3. The fourth-order valence-corrected chi connectivity index (χ4v) is 3.06. The number of fused-ring (bicyclic) bond motifs is 1. The molecule has 2 aromatic rings. The van der Waals surface area contributed by atoms with E-state index in [2.05, 4.69) is 10.3 Å². The average Bonchev–Trinajstić information content (AvgIpc) is 2.67. The van der Waals surface area contributed by atoms with Crippen LogP contribution in [0.2, 0.25) is 0 Å². The molecule has 0 radical (unpaired) electrons. The van der Waals surface area contributed by atoms with E-state index in [1.165, 1.54) is 17.4 Å². The molecule has 106 valence electrons. The van der Waals surface area contributed by atoms with E-state index in [-0.39, 0.29) is 5.91 Å². The van der Waals surface area contributed by atoms with Gasteiger partial charge in [0.25, 0.3) is 5.76 Å². The van der Waals surface area contributed by atoms with Gasteiger partial charge in [0.1, 0.15) is 0 Å². The molecule has 1 heterocycles. The molecule has 1 aromatic carbocycles. The van der Waals surface area contributed by atoms with Crippen molar-refractivity contribution in [3.63, 3.8) is 0 Å². The van der Waals surface area contributed by atoms with E-state index in [1.807, 2.05) is 13.8 Å². The maximum Gasteiger partial charge on any atom is 0.288 e. The van der Waals surface area contributed by atoms with Crippen LogP contribution < -0.4 is 5.32 Å². The van der Waals surface area contributed by atoms with Crippen molar-refractivity contribution in [3.05, 3.63) is 29.8 Å². The van der Waals surface area contributed by atoms with E-state index in [0.717, 1.165) is 10.3 Å². The maximum atomic E-state index is 12.3. The zero-order valence-electron chi connectivity index (χ0n) is 10.8. The van der Waals surface area contributed by atoms with E-state index in [0.29, 0.717) is 27.3 Å². The van der Waals surface area contributed by atoms with Crippen molar-refractivity contribution in [2.75, 3.05) is 5.32 Å². The molecule has 0 fully saturated rings. The average molecular weight is 314 g/mol. The normalized spacial score (nSPS) is 10.8. The molecule has 0 bridgehead atoms. The first-order valence-corrected chi connectivity index (χ1v) is 7.45. The highest BCUT2D eigenvalue weighted by atomic mass is 32.2. The summed E-state index contributed by atoms with van der Waals surface area (Å²) in [6.07, 6.45) is 1.48. The molecule has 1 N–H and O–H groups in total. The zero-order chi connectivity index (χ0) is 14.7. The van der Waals surface area contributed by atoms with Crippen LogP contribution in [0.1, 0.15) is 13.8 Å². The molecule has 0 saturated carbocycles. The molecule has 0 aliphatic rings. The highest BCUT2D eigenvalue weighted by Crippen LogP contribution is 2.32. The van der Waals surface area contributed by atoms with E-state index in [9.17, 15) is 13.6 Å². The maximum absolute atomic E-state index is 12.3. The third-order valence-corrected chi connectivity index (χ3v) is 3.87. The number of thioether (sulfide) groups is 1. The molecule has 0 spiro atoms. The molecule has 3 nitrogen and oxygen atoms in total. The molecule has 0 aliphatic carbocycles. The number of thiazole rings is 1. The van der Waals surface area contributed by atoms with Gasteiger partial charge in [-0.1, -0.05) is 28.7 Å². The number of rotatable bonds is 4. The molecular formula is C13H12F2N2OS2. The number of carbonyl (C=O) groups is 1. The van der Waals surface area contributed by atoms with Gasteiger partial charge in [-0.2, -0.15) is 8.78 Å². The Morgan fingerprint density at radius 1 is 1.45 bits per heavy atom. The first-order valence-electron chi connectivity index (χ1n) is 5.75. The van der Waals surface area contributed by atoms with E-state index in [4.69, 9.17) is 0 Å². The van der Waals surface area contributed by atoms with Crippen molar-refractivity contribution in [1.29, 1.82) is 0 Å². The van der Waals surface area contributed by atoms with Crippen LogP contribution in [0.3, 0.4) is 0 Å². The van der Waals surface area contributed by atoms with Gasteiger partial charge in [0, 0.05) is 11.0 Å². The van der Waals surface area contributed by atoms with E-state index < -0.39 is 5.76 Å². The smallest absolute Gasteiger partial charge is 0.288 e.